The van der Waals surface area contributed by atoms with Gasteiger partial charge in [-0.05, 0) is 53.8 Å². The Hall–Kier alpha value is -1.71. The number of nitrogens with one attached hydrogen (secondary N) is 1. The lowest BCUT2D eigenvalue weighted by Crippen LogP contribution is -2.57. The molecule has 3 amide bonds. The number of piperidine rings is 1. The van der Waals surface area contributed by atoms with Crippen LogP contribution in [0.1, 0.15) is 40.0 Å². The maximum absolute atomic E-state index is 12.6. The van der Waals surface area contributed by atoms with Crippen LogP contribution in [0, 0.1) is 0 Å². The zero-order chi connectivity index (χ0) is 20.9. The van der Waals surface area contributed by atoms with E-state index in [9.17, 15) is 14.4 Å². The van der Waals surface area contributed by atoms with Crippen LogP contribution in [0.3, 0.4) is 0 Å². The largest absolute Gasteiger partial charge is 0.444 e. The van der Waals surface area contributed by atoms with Crippen LogP contribution in [-0.2, 0) is 14.3 Å². The standard InChI is InChI=1S/C19H35N5O4/c1-19(2,3)28-18(27)21-16(25)13-15(20)17(26)24-11-9-23(10-12-24)14-5-7-22(4)8-6-14/h14-15H,5-13,20H2,1-4H3,(H,21,25,27)/t15-/m1/s1. The number of carbonyl (C=O) groups is 3. The molecule has 9 nitrogen and oxygen atoms in total. The number of hydrogen-bond acceptors (Lipinski definition) is 7. The SMILES string of the molecule is CN1CCC(N2CCN(C(=O)[C@H](N)CC(=O)NC(=O)OC(C)(C)C)CC2)CC1. The third-order valence-corrected chi connectivity index (χ3v) is 5.19. The summed E-state index contributed by atoms with van der Waals surface area (Å²) in [5, 5.41) is 2.12. The molecule has 0 aliphatic carbocycles. The Morgan fingerprint density at radius 2 is 1.64 bits per heavy atom. The Kier molecular flexibility index (Phi) is 7.79. The second-order valence-corrected chi connectivity index (χ2v) is 8.76. The lowest BCUT2D eigenvalue weighted by atomic mass is 10.0. The summed E-state index contributed by atoms with van der Waals surface area (Å²) in [6.07, 6.45) is 1.25. The van der Waals surface area contributed by atoms with E-state index in [0.29, 0.717) is 19.1 Å². The first-order valence-corrected chi connectivity index (χ1v) is 10.0. The summed E-state index contributed by atoms with van der Waals surface area (Å²) in [6.45, 7) is 10.2. The van der Waals surface area contributed by atoms with Crippen molar-refractivity contribution < 1.29 is 19.1 Å². The third kappa shape index (κ3) is 7.03. The highest BCUT2D eigenvalue weighted by atomic mass is 16.6. The highest BCUT2D eigenvalue weighted by Gasteiger charge is 2.31. The van der Waals surface area contributed by atoms with Crippen LogP contribution >= 0.6 is 0 Å². The number of piperazine rings is 1. The lowest BCUT2D eigenvalue weighted by molar-refractivity contribution is -0.137. The second kappa shape index (κ2) is 9.67. The van der Waals surface area contributed by atoms with Gasteiger partial charge >= 0.3 is 6.09 Å². The van der Waals surface area contributed by atoms with E-state index in [1.54, 1.807) is 25.7 Å². The number of rotatable bonds is 4. The van der Waals surface area contributed by atoms with Crippen LogP contribution in [0.2, 0.25) is 0 Å². The number of hydrogen-bond donors (Lipinski definition) is 2. The normalized spacial score (nSPS) is 21.2. The summed E-state index contributed by atoms with van der Waals surface area (Å²) in [5.74, 6) is -0.859. The van der Waals surface area contributed by atoms with Crippen LogP contribution in [-0.4, -0.2) is 96.6 Å². The Morgan fingerprint density at radius 1 is 1.07 bits per heavy atom. The zero-order valence-electron chi connectivity index (χ0n) is 17.6. The monoisotopic (exact) mass is 397 g/mol. The summed E-state index contributed by atoms with van der Waals surface area (Å²) in [6, 6.07) is -0.376. The van der Waals surface area contributed by atoms with Crippen molar-refractivity contribution in [1.82, 2.24) is 20.0 Å². The van der Waals surface area contributed by atoms with Gasteiger partial charge in [-0.1, -0.05) is 0 Å². The molecule has 0 aromatic heterocycles. The van der Waals surface area contributed by atoms with E-state index in [-0.39, 0.29) is 12.3 Å². The summed E-state index contributed by atoms with van der Waals surface area (Å²) in [7, 11) is 2.15. The zero-order valence-corrected chi connectivity index (χ0v) is 17.6. The molecule has 2 aliphatic heterocycles. The molecule has 2 heterocycles. The van der Waals surface area contributed by atoms with E-state index in [4.69, 9.17) is 10.5 Å². The number of nitrogens with zero attached hydrogens (tertiary/aromatic N) is 3. The molecule has 2 fully saturated rings. The Morgan fingerprint density at radius 3 is 2.18 bits per heavy atom. The van der Waals surface area contributed by atoms with Crippen molar-refractivity contribution in [2.45, 2.75) is 57.7 Å². The van der Waals surface area contributed by atoms with Crippen LogP contribution in [0.5, 0.6) is 0 Å². The smallest absolute Gasteiger partial charge is 0.414 e. The van der Waals surface area contributed by atoms with E-state index in [1.807, 2.05) is 0 Å². The van der Waals surface area contributed by atoms with Gasteiger partial charge in [-0.3, -0.25) is 19.8 Å². The minimum atomic E-state index is -0.961. The molecule has 0 bridgehead atoms. The minimum absolute atomic E-state index is 0.243. The van der Waals surface area contributed by atoms with Gasteiger partial charge in [-0.25, -0.2) is 4.79 Å². The fourth-order valence-corrected chi connectivity index (χ4v) is 3.66. The lowest BCUT2D eigenvalue weighted by Gasteiger charge is -2.42. The molecule has 0 saturated carbocycles. The molecule has 2 aliphatic rings. The number of carbonyl (C=O) groups excluding carboxylic acids is 3. The van der Waals surface area contributed by atoms with E-state index in [0.717, 1.165) is 39.0 Å². The van der Waals surface area contributed by atoms with Gasteiger partial charge in [0, 0.05) is 32.2 Å². The maximum atomic E-state index is 12.6. The van der Waals surface area contributed by atoms with Crippen LogP contribution in [0.15, 0.2) is 0 Å². The molecule has 2 saturated heterocycles. The van der Waals surface area contributed by atoms with Crippen molar-refractivity contribution in [2.75, 3.05) is 46.3 Å². The van der Waals surface area contributed by atoms with Crippen LogP contribution < -0.4 is 11.1 Å². The van der Waals surface area contributed by atoms with E-state index in [2.05, 4.69) is 22.2 Å². The quantitative estimate of drug-likeness (QED) is 0.687. The van der Waals surface area contributed by atoms with Gasteiger partial charge in [0.1, 0.15) is 5.60 Å². The average molecular weight is 398 g/mol. The highest BCUT2D eigenvalue weighted by Crippen LogP contribution is 2.17. The van der Waals surface area contributed by atoms with E-state index < -0.39 is 23.6 Å². The molecule has 3 N–H and O–H groups in total. The van der Waals surface area contributed by atoms with Gasteiger partial charge in [0.2, 0.25) is 11.8 Å². The first kappa shape index (κ1) is 22.6. The van der Waals surface area contributed by atoms with Crippen LogP contribution in [0.4, 0.5) is 4.79 Å². The van der Waals surface area contributed by atoms with Crippen LogP contribution in [0.25, 0.3) is 0 Å². The molecule has 0 aromatic rings. The fourth-order valence-electron chi connectivity index (χ4n) is 3.66. The highest BCUT2D eigenvalue weighted by molar-refractivity contribution is 5.95. The number of likely N-dealkylation sites (tertiary alicyclic amines) is 1. The van der Waals surface area contributed by atoms with Crippen molar-refractivity contribution in [3.63, 3.8) is 0 Å². The molecule has 0 aromatic carbocycles. The summed E-state index contributed by atoms with van der Waals surface area (Å²) in [5.41, 5.74) is 5.22. The number of nitrogens with two attached hydrogens (primary N) is 1. The van der Waals surface area contributed by atoms with Crippen molar-refractivity contribution >= 4 is 17.9 Å². The third-order valence-electron chi connectivity index (χ3n) is 5.19. The molecular weight excluding hydrogens is 362 g/mol. The predicted molar refractivity (Wildman–Crippen MR) is 106 cm³/mol. The Labute approximate surface area is 167 Å². The number of alkyl carbamates (subject to hydrolysis) is 1. The molecular formula is C19H35N5O4. The first-order valence-electron chi connectivity index (χ1n) is 10.0. The minimum Gasteiger partial charge on any atom is -0.444 e. The molecule has 1 atom stereocenters. The summed E-state index contributed by atoms with van der Waals surface area (Å²) in [4.78, 5) is 42.7. The van der Waals surface area contributed by atoms with E-state index in [1.165, 1.54) is 0 Å². The van der Waals surface area contributed by atoms with Crippen molar-refractivity contribution in [1.29, 1.82) is 0 Å². The molecule has 0 radical (unpaired) electrons. The van der Waals surface area contributed by atoms with Crippen molar-refractivity contribution in [2.24, 2.45) is 5.73 Å². The number of amides is 3. The number of imide groups is 1. The van der Waals surface area contributed by atoms with Gasteiger partial charge in [-0.2, -0.15) is 0 Å². The first-order chi connectivity index (χ1) is 13.0. The fraction of sp³-hybridized carbons (Fsp3) is 0.842. The summed E-state index contributed by atoms with van der Waals surface area (Å²) < 4.78 is 5.03. The molecule has 160 valence electrons. The van der Waals surface area contributed by atoms with E-state index >= 15 is 0 Å². The Balaban J connectivity index is 1.73. The topological polar surface area (TPSA) is 108 Å². The number of ether oxygens (including phenoxy) is 1. The van der Waals surface area contributed by atoms with Gasteiger partial charge in [-0.15, -0.1) is 0 Å². The van der Waals surface area contributed by atoms with Crippen molar-refractivity contribution in [3.05, 3.63) is 0 Å². The van der Waals surface area contributed by atoms with Crippen molar-refractivity contribution in [3.8, 4) is 0 Å². The average Bonchev–Trinajstić information content (AvgIpc) is 2.60. The molecule has 0 unspecified atom stereocenters. The molecule has 28 heavy (non-hydrogen) atoms. The molecule has 9 heteroatoms. The van der Waals surface area contributed by atoms with Gasteiger partial charge in [0.25, 0.3) is 0 Å². The van der Waals surface area contributed by atoms with Gasteiger partial charge < -0.3 is 20.3 Å². The maximum Gasteiger partial charge on any atom is 0.414 e. The summed E-state index contributed by atoms with van der Waals surface area (Å²) >= 11 is 0. The van der Waals surface area contributed by atoms with Gasteiger partial charge in [0.05, 0.1) is 12.5 Å². The van der Waals surface area contributed by atoms with Gasteiger partial charge in [0.15, 0.2) is 0 Å². The predicted octanol–water partition coefficient (Wildman–Crippen LogP) is -0.00650. The second-order valence-electron chi connectivity index (χ2n) is 8.76. The Bertz CT molecular complexity index is 561. The molecule has 0 spiro atoms. The molecule has 2 rings (SSSR count).